The molecule has 128 valence electrons. The first-order chi connectivity index (χ1) is 11.7. The third-order valence-electron chi connectivity index (χ3n) is 3.49. The van der Waals surface area contributed by atoms with Gasteiger partial charge in [0.1, 0.15) is 5.75 Å². The fourth-order valence-corrected chi connectivity index (χ4v) is 4.48. The number of benzene rings is 1. The molecule has 1 aliphatic heterocycles. The number of nitrogens with zero attached hydrogens (tertiary/aromatic N) is 5. The largest absolute Gasteiger partial charge is 0.497 e. The van der Waals surface area contributed by atoms with E-state index < -0.39 is 0 Å². The molecule has 1 aliphatic rings. The fourth-order valence-electron chi connectivity index (χ4n) is 2.32. The molecule has 24 heavy (non-hydrogen) atoms. The second-order valence-electron chi connectivity index (χ2n) is 5.96. The van der Waals surface area contributed by atoms with Crippen molar-refractivity contribution in [1.82, 2.24) is 20.2 Å². The number of aliphatic imine (C=N–C) groups is 1. The van der Waals surface area contributed by atoms with Crippen LogP contribution in [0.5, 0.6) is 5.75 Å². The number of hydrogen-bond acceptors (Lipinski definition) is 7. The van der Waals surface area contributed by atoms with Crippen LogP contribution in [0, 0.1) is 5.92 Å². The van der Waals surface area contributed by atoms with Gasteiger partial charge in [0.2, 0.25) is 5.16 Å². The Labute approximate surface area is 150 Å². The molecular weight excluding hydrogens is 342 g/mol. The first kappa shape index (κ1) is 17.3. The highest BCUT2D eigenvalue weighted by molar-refractivity contribution is 8.16. The van der Waals surface area contributed by atoms with Crippen LogP contribution in [0.25, 0.3) is 0 Å². The average molecular weight is 364 g/mol. The molecule has 0 fully saturated rings. The lowest BCUT2D eigenvalue weighted by atomic mass is 10.2. The number of ether oxygens (including phenoxy) is 1. The zero-order chi connectivity index (χ0) is 16.9. The van der Waals surface area contributed by atoms with Gasteiger partial charge in [0.05, 0.1) is 18.7 Å². The molecular formula is C16H21N5OS2. The molecule has 0 aliphatic carbocycles. The van der Waals surface area contributed by atoms with Crippen molar-refractivity contribution in [2.24, 2.45) is 10.9 Å². The second kappa shape index (κ2) is 8.02. The third kappa shape index (κ3) is 4.30. The normalized spacial score (nSPS) is 17.3. The van der Waals surface area contributed by atoms with Crippen LogP contribution in [0.1, 0.15) is 19.4 Å². The van der Waals surface area contributed by atoms with E-state index in [0.717, 1.165) is 40.4 Å². The smallest absolute Gasteiger partial charge is 0.209 e. The topological polar surface area (TPSA) is 65.2 Å². The highest BCUT2D eigenvalue weighted by Crippen LogP contribution is 2.30. The quantitative estimate of drug-likeness (QED) is 0.705. The summed E-state index contributed by atoms with van der Waals surface area (Å²) < 4.78 is 7.09. The predicted octanol–water partition coefficient (Wildman–Crippen LogP) is 2.99. The summed E-state index contributed by atoms with van der Waals surface area (Å²) in [6.45, 7) is 6.02. The van der Waals surface area contributed by atoms with E-state index in [1.54, 1.807) is 18.9 Å². The molecule has 2 aromatic rings. The zero-order valence-electron chi connectivity index (χ0n) is 14.0. The summed E-state index contributed by atoms with van der Waals surface area (Å²) in [7, 11) is 1.68. The molecule has 0 spiro atoms. The molecule has 3 rings (SSSR count). The van der Waals surface area contributed by atoms with Crippen LogP contribution in [0.3, 0.4) is 0 Å². The highest BCUT2D eigenvalue weighted by Gasteiger charge is 2.22. The maximum atomic E-state index is 5.20. The average Bonchev–Trinajstić information content (AvgIpc) is 3.22. The van der Waals surface area contributed by atoms with Gasteiger partial charge in [-0.05, 0) is 40.6 Å². The summed E-state index contributed by atoms with van der Waals surface area (Å²) >= 11 is 3.54. The first-order valence-electron chi connectivity index (χ1n) is 7.90. The number of hydrogen-bond donors (Lipinski definition) is 0. The highest BCUT2D eigenvalue weighted by atomic mass is 32.2. The summed E-state index contributed by atoms with van der Waals surface area (Å²) in [4.78, 5) is 4.68. The Hall–Kier alpha value is -1.54. The van der Waals surface area contributed by atoms with Gasteiger partial charge in [-0.1, -0.05) is 25.6 Å². The van der Waals surface area contributed by atoms with E-state index in [0.29, 0.717) is 11.2 Å². The van der Waals surface area contributed by atoms with Gasteiger partial charge in [-0.2, -0.15) is 0 Å². The minimum absolute atomic E-state index is 0.455. The lowest BCUT2D eigenvalue weighted by Crippen LogP contribution is -2.11. The maximum absolute atomic E-state index is 5.20. The van der Waals surface area contributed by atoms with Crippen molar-refractivity contribution < 1.29 is 4.74 Å². The molecule has 0 saturated carbocycles. The van der Waals surface area contributed by atoms with Gasteiger partial charge >= 0.3 is 0 Å². The van der Waals surface area contributed by atoms with Gasteiger partial charge in [0.25, 0.3) is 0 Å². The van der Waals surface area contributed by atoms with Crippen LogP contribution in [0.15, 0.2) is 34.4 Å². The minimum atomic E-state index is 0.455. The zero-order valence-corrected chi connectivity index (χ0v) is 15.7. The monoisotopic (exact) mass is 363 g/mol. The molecule has 1 unspecified atom stereocenters. The number of thioether (sulfide) groups is 2. The molecule has 6 nitrogen and oxygen atoms in total. The van der Waals surface area contributed by atoms with Crippen molar-refractivity contribution in [3.05, 3.63) is 29.8 Å². The molecule has 2 heterocycles. The van der Waals surface area contributed by atoms with Crippen LogP contribution in [-0.4, -0.2) is 49.9 Å². The molecule has 8 heteroatoms. The molecule has 1 aromatic carbocycles. The van der Waals surface area contributed by atoms with Gasteiger partial charge in [0.15, 0.2) is 0 Å². The summed E-state index contributed by atoms with van der Waals surface area (Å²) in [6.07, 6.45) is 0. The van der Waals surface area contributed by atoms with E-state index in [1.807, 2.05) is 28.6 Å². The molecule has 0 N–H and O–H groups in total. The Balaban J connectivity index is 1.53. The Morgan fingerprint density at radius 2 is 2.12 bits per heavy atom. The number of aromatic nitrogens is 4. The fraction of sp³-hybridized carbons (Fsp3) is 0.500. The van der Waals surface area contributed by atoms with Gasteiger partial charge in [-0.3, -0.25) is 4.99 Å². The van der Waals surface area contributed by atoms with Crippen LogP contribution in [0.2, 0.25) is 0 Å². The number of tetrazole rings is 1. The molecule has 1 aromatic heterocycles. The molecule has 0 amide bonds. The summed E-state index contributed by atoms with van der Waals surface area (Å²) in [5.74, 6) is 2.34. The second-order valence-corrected chi connectivity index (χ2v) is 8.24. The van der Waals surface area contributed by atoms with Crippen LogP contribution >= 0.6 is 23.5 Å². The number of methoxy groups -OCH3 is 1. The van der Waals surface area contributed by atoms with Crippen molar-refractivity contribution in [1.29, 1.82) is 0 Å². The predicted molar refractivity (Wildman–Crippen MR) is 99.2 cm³/mol. The van der Waals surface area contributed by atoms with Crippen molar-refractivity contribution in [2.75, 3.05) is 19.4 Å². The Morgan fingerprint density at radius 3 is 2.83 bits per heavy atom. The van der Waals surface area contributed by atoms with Crippen molar-refractivity contribution in [3.8, 4) is 5.75 Å². The lowest BCUT2D eigenvalue weighted by Gasteiger charge is -2.09. The van der Waals surface area contributed by atoms with Crippen LogP contribution in [-0.2, 0) is 6.54 Å². The summed E-state index contributed by atoms with van der Waals surface area (Å²) in [5.41, 5.74) is 1.15. The van der Waals surface area contributed by atoms with E-state index in [2.05, 4.69) is 46.5 Å². The first-order valence-corrected chi connectivity index (χ1v) is 9.76. The van der Waals surface area contributed by atoms with E-state index in [4.69, 9.17) is 4.74 Å². The SMILES string of the molecule is COc1ccc(C2=NCC(CSc3nnnn3CC(C)C)S2)cc1. The Morgan fingerprint density at radius 1 is 1.33 bits per heavy atom. The number of rotatable bonds is 7. The van der Waals surface area contributed by atoms with Crippen molar-refractivity contribution in [3.63, 3.8) is 0 Å². The van der Waals surface area contributed by atoms with E-state index in [-0.39, 0.29) is 0 Å². The van der Waals surface area contributed by atoms with Crippen molar-refractivity contribution >= 4 is 28.6 Å². The van der Waals surface area contributed by atoms with E-state index in [9.17, 15) is 0 Å². The van der Waals surface area contributed by atoms with Gasteiger partial charge < -0.3 is 4.74 Å². The minimum Gasteiger partial charge on any atom is -0.497 e. The van der Waals surface area contributed by atoms with Gasteiger partial charge in [-0.15, -0.1) is 16.9 Å². The summed E-state index contributed by atoms with van der Waals surface area (Å²) in [6, 6.07) is 8.06. The third-order valence-corrected chi connectivity index (χ3v) is 6.06. The molecule has 1 atom stereocenters. The van der Waals surface area contributed by atoms with Gasteiger partial charge in [0, 0.05) is 23.1 Å². The van der Waals surface area contributed by atoms with Gasteiger partial charge in [-0.25, -0.2) is 4.68 Å². The standard InChI is InChI=1S/C16H21N5OS2/c1-11(2)9-21-16(18-19-20-21)23-10-14-8-17-15(24-14)12-4-6-13(22-3)7-5-12/h4-7,11,14H,8-10H2,1-3H3. The Bertz CT molecular complexity index is 699. The van der Waals surface area contributed by atoms with Crippen molar-refractivity contribution in [2.45, 2.75) is 30.8 Å². The maximum Gasteiger partial charge on any atom is 0.209 e. The molecule has 0 saturated heterocycles. The molecule has 0 bridgehead atoms. The van der Waals surface area contributed by atoms with Crippen LogP contribution in [0.4, 0.5) is 0 Å². The molecule has 0 radical (unpaired) electrons. The van der Waals surface area contributed by atoms with Crippen LogP contribution < -0.4 is 4.74 Å². The van der Waals surface area contributed by atoms with E-state index >= 15 is 0 Å². The summed E-state index contributed by atoms with van der Waals surface area (Å²) in [5, 5.41) is 14.4. The Kier molecular flexibility index (Phi) is 5.78. The van der Waals surface area contributed by atoms with E-state index in [1.165, 1.54) is 0 Å². The lowest BCUT2D eigenvalue weighted by molar-refractivity contribution is 0.415.